The molecule has 0 radical (unpaired) electrons. The van der Waals surface area contributed by atoms with Gasteiger partial charge in [0.15, 0.2) is 0 Å². The van der Waals surface area contributed by atoms with E-state index >= 15 is 0 Å². The molecule has 0 aromatic heterocycles. The number of halogens is 1. The van der Waals surface area contributed by atoms with Gasteiger partial charge in [-0.1, -0.05) is 0 Å². The first-order valence-corrected chi connectivity index (χ1v) is 9.16. The number of carbonyl (C=O) groups excluding carboxylic acids is 3. The first kappa shape index (κ1) is 20.9. The van der Waals surface area contributed by atoms with E-state index in [0.29, 0.717) is 25.1 Å². The van der Waals surface area contributed by atoms with Crippen LogP contribution in [-0.4, -0.2) is 59.7 Å². The maximum absolute atomic E-state index is 12.9. The van der Waals surface area contributed by atoms with Gasteiger partial charge in [0.25, 0.3) is 5.91 Å². The number of benzene rings is 1. The lowest BCUT2D eigenvalue weighted by Crippen LogP contribution is -2.43. The molecule has 0 spiro atoms. The third-order valence-corrected chi connectivity index (χ3v) is 4.70. The van der Waals surface area contributed by atoms with Crippen molar-refractivity contribution in [2.24, 2.45) is 5.92 Å². The number of rotatable bonds is 6. The van der Waals surface area contributed by atoms with E-state index in [1.165, 1.54) is 24.3 Å². The molecular formula is C20H28FN3O3. The molecule has 3 amide bonds. The van der Waals surface area contributed by atoms with E-state index in [1.54, 1.807) is 11.9 Å². The lowest BCUT2D eigenvalue weighted by Gasteiger charge is -2.32. The summed E-state index contributed by atoms with van der Waals surface area (Å²) in [4.78, 5) is 39.8. The Morgan fingerprint density at radius 1 is 1.26 bits per heavy atom. The minimum absolute atomic E-state index is 0.0870. The lowest BCUT2D eigenvalue weighted by molar-refractivity contribution is -0.132. The quantitative estimate of drug-likeness (QED) is 0.825. The highest BCUT2D eigenvalue weighted by molar-refractivity contribution is 5.94. The lowest BCUT2D eigenvalue weighted by atomic mass is 10.1. The summed E-state index contributed by atoms with van der Waals surface area (Å²) in [6, 6.07) is 5.24. The van der Waals surface area contributed by atoms with Gasteiger partial charge in [0.1, 0.15) is 5.82 Å². The fourth-order valence-electron chi connectivity index (χ4n) is 3.22. The van der Waals surface area contributed by atoms with Gasteiger partial charge < -0.3 is 15.1 Å². The second kappa shape index (κ2) is 8.50. The predicted octanol–water partition coefficient (Wildman–Crippen LogP) is 2.05. The zero-order valence-electron chi connectivity index (χ0n) is 16.4. The van der Waals surface area contributed by atoms with Crippen LogP contribution in [0.1, 0.15) is 44.0 Å². The topological polar surface area (TPSA) is 69.7 Å². The Hall–Kier alpha value is -2.44. The van der Waals surface area contributed by atoms with Gasteiger partial charge >= 0.3 is 0 Å². The van der Waals surface area contributed by atoms with Crippen LogP contribution in [0.5, 0.6) is 0 Å². The van der Waals surface area contributed by atoms with E-state index in [1.807, 2.05) is 25.7 Å². The first-order valence-electron chi connectivity index (χ1n) is 9.16. The van der Waals surface area contributed by atoms with Gasteiger partial charge in [-0.3, -0.25) is 14.4 Å². The average molecular weight is 377 g/mol. The normalized spacial score (nSPS) is 17.1. The second-order valence-electron chi connectivity index (χ2n) is 8.03. The maximum Gasteiger partial charge on any atom is 0.251 e. The molecule has 0 saturated carbocycles. The van der Waals surface area contributed by atoms with Crippen molar-refractivity contribution in [3.8, 4) is 0 Å². The van der Waals surface area contributed by atoms with Crippen LogP contribution >= 0.6 is 0 Å². The number of amides is 3. The predicted molar refractivity (Wildman–Crippen MR) is 101 cm³/mol. The monoisotopic (exact) mass is 377 g/mol. The number of carbonyl (C=O) groups is 3. The fraction of sp³-hybridized carbons (Fsp3) is 0.550. The van der Waals surface area contributed by atoms with Crippen molar-refractivity contribution in [2.75, 3.05) is 26.7 Å². The number of hydrogen-bond acceptors (Lipinski definition) is 3. The van der Waals surface area contributed by atoms with Gasteiger partial charge in [-0.15, -0.1) is 0 Å². The van der Waals surface area contributed by atoms with Crippen LogP contribution in [0, 0.1) is 11.7 Å². The summed E-state index contributed by atoms with van der Waals surface area (Å²) < 4.78 is 12.9. The molecule has 1 aliphatic heterocycles. The highest BCUT2D eigenvalue weighted by Gasteiger charge is 2.36. The van der Waals surface area contributed by atoms with Crippen LogP contribution in [0.3, 0.4) is 0 Å². The molecule has 1 aromatic carbocycles. The SMILES string of the molecule is CN(CC1CC(=O)N(C(C)(C)C)C1)C(=O)CCNC(=O)c1ccc(F)cc1. The Morgan fingerprint density at radius 3 is 2.44 bits per heavy atom. The smallest absolute Gasteiger partial charge is 0.251 e. The Bertz CT molecular complexity index is 697. The van der Waals surface area contributed by atoms with Crippen molar-refractivity contribution >= 4 is 17.7 Å². The number of nitrogens with one attached hydrogen (secondary N) is 1. The molecule has 1 heterocycles. The molecule has 1 fully saturated rings. The van der Waals surface area contributed by atoms with Gasteiger partial charge in [0.05, 0.1) is 0 Å². The third kappa shape index (κ3) is 5.77. The summed E-state index contributed by atoms with van der Waals surface area (Å²) in [7, 11) is 1.72. The van der Waals surface area contributed by atoms with Gasteiger partial charge in [-0.25, -0.2) is 4.39 Å². The molecule has 148 valence electrons. The molecule has 1 atom stereocenters. The van der Waals surface area contributed by atoms with Crippen molar-refractivity contribution in [2.45, 2.75) is 39.2 Å². The average Bonchev–Trinajstić information content (AvgIpc) is 2.95. The molecule has 0 aliphatic carbocycles. The zero-order valence-corrected chi connectivity index (χ0v) is 16.4. The van der Waals surface area contributed by atoms with E-state index in [-0.39, 0.29) is 42.1 Å². The zero-order chi connectivity index (χ0) is 20.2. The Labute approximate surface area is 159 Å². The summed E-state index contributed by atoms with van der Waals surface area (Å²) in [5.74, 6) is -0.582. The van der Waals surface area contributed by atoms with Gasteiger partial charge in [0, 0.05) is 56.5 Å². The Balaban J connectivity index is 1.75. The maximum atomic E-state index is 12.9. The number of hydrogen-bond donors (Lipinski definition) is 1. The largest absolute Gasteiger partial charge is 0.352 e. The standard InChI is InChI=1S/C20H28FN3O3/c1-20(2,3)24-13-14(11-18(24)26)12-23(4)17(25)9-10-22-19(27)15-5-7-16(21)8-6-15/h5-8,14H,9-13H2,1-4H3,(H,22,27). The van der Waals surface area contributed by atoms with Crippen LogP contribution in [0.15, 0.2) is 24.3 Å². The summed E-state index contributed by atoms with van der Waals surface area (Å²) in [6.07, 6.45) is 0.628. The number of nitrogens with zero attached hydrogens (tertiary/aromatic N) is 2. The van der Waals surface area contributed by atoms with Crippen LogP contribution < -0.4 is 5.32 Å². The van der Waals surface area contributed by atoms with Gasteiger partial charge in [-0.2, -0.15) is 0 Å². The Kier molecular flexibility index (Phi) is 6.57. The van der Waals surface area contributed by atoms with Crippen molar-refractivity contribution in [3.05, 3.63) is 35.6 Å². The summed E-state index contributed by atoms with van der Waals surface area (Å²) in [5, 5.41) is 2.66. The Morgan fingerprint density at radius 2 is 1.89 bits per heavy atom. The van der Waals surface area contributed by atoms with Crippen molar-refractivity contribution in [1.82, 2.24) is 15.1 Å². The molecule has 27 heavy (non-hydrogen) atoms. The summed E-state index contributed by atoms with van der Waals surface area (Å²) >= 11 is 0. The molecule has 6 nitrogen and oxygen atoms in total. The van der Waals surface area contributed by atoms with E-state index in [4.69, 9.17) is 0 Å². The molecule has 2 rings (SSSR count). The van der Waals surface area contributed by atoms with E-state index in [2.05, 4.69) is 5.32 Å². The molecule has 0 bridgehead atoms. The van der Waals surface area contributed by atoms with Gasteiger partial charge in [-0.05, 0) is 45.0 Å². The van der Waals surface area contributed by atoms with E-state index in [9.17, 15) is 18.8 Å². The molecule has 1 unspecified atom stereocenters. The van der Waals surface area contributed by atoms with Crippen LogP contribution in [0.25, 0.3) is 0 Å². The first-order chi connectivity index (χ1) is 12.6. The molecule has 7 heteroatoms. The minimum atomic E-state index is -0.404. The van der Waals surface area contributed by atoms with Crippen molar-refractivity contribution < 1.29 is 18.8 Å². The molecule has 1 aliphatic rings. The van der Waals surface area contributed by atoms with E-state index in [0.717, 1.165) is 0 Å². The third-order valence-electron chi connectivity index (χ3n) is 4.70. The summed E-state index contributed by atoms with van der Waals surface area (Å²) in [5.41, 5.74) is 0.142. The van der Waals surface area contributed by atoms with Gasteiger partial charge in [0.2, 0.25) is 11.8 Å². The number of likely N-dealkylation sites (tertiary alicyclic amines) is 1. The molecule has 1 aromatic rings. The molecule has 1 saturated heterocycles. The van der Waals surface area contributed by atoms with Crippen LogP contribution in [0.4, 0.5) is 4.39 Å². The fourth-order valence-corrected chi connectivity index (χ4v) is 3.22. The molecule has 1 N–H and O–H groups in total. The molecular weight excluding hydrogens is 349 g/mol. The highest BCUT2D eigenvalue weighted by Crippen LogP contribution is 2.26. The van der Waals surface area contributed by atoms with Crippen LogP contribution in [-0.2, 0) is 9.59 Å². The second-order valence-corrected chi connectivity index (χ2v) is 8.03. The van der Waals surface area contributed by atoms with Crippen molar-refractivity contribution in [3.63, 3.8) is 0 Å². The van der Waals surface area contributed by atoms with E-state index < -0.39 is 5.82 Å². The minimum Gasteiger partial charge on any atom is -0.352 e. The van der Waals surface area contributed by atoms with Crippen molar-refractivity contribution in [1.29, 1.82) is 0 Å². The summed E-state index contributed by atoms with van der Waals surface area (Å²) in [6.45, 7) is 7.39. The highest BCUT2D eigenvalue weighted by atomic mass is 19.1. The van der Waals surface area contributed by atoms with Crippen LogP contribution in [0.2, 0.25) is 0 Å².